The SMILES string of the molecule is CC/C=C\C/C=C\C/C=C\C/C=C\C/C=C\CCCCCC(=O)OC/C=C(\C)CCC=C(C)CC/C=C(\C)CCC=C(C)C. The first kappa shape index (κ1) is 41.1. The average Bonchev–Trinajstić information content (AvgIpc) is 2.98. The second kappa shape index (κ2) is 31.6. The fraction of sp³-hybridized carbons (Fsp3) is 0.548. The molecule has 0 rings (SSSR count). The van der Waals surface area contributed by atoms with E-state index in [0.29, 0.717) is 13.0 Å². The molecule has 0 aromatic rings. The third kappa shape index (κ3) is 32.1. The molecule has 0 saturated carbocycles. The van der Waals surface area contributed by atoms with Crippen molar-refractivity contribution in [1.29, 1.82) is 0 Å². The summed E-state index contributed by atoms with van der Waals surface area (Å²) in [5.74, 6) is -0.0798. The molecule has 0 fully saturated rings. The molecule has 2 nitrogen and oxygen atoms in total. The summed E-state index contributed by atoms with van der Waals surface area (Å²) in [6.45, 7) is 13.5. The topological polar surface area (TPSA) is 26.3 Å². The van der Waals surface area contributed by atoms with Crippen molar-refractivity contribution in [2.75, 3.05) is 6.61 Å². The molecule has 0 saturated heterocycles. The van der Waals surface area contributed by atoms with E-state index >= 15 is 0 Å². The van der Waals surface area contributed by atoms with Gasteiger partial charge in [-0.05, 0) is 131 Å². The van der Waals surface area contributed by atoms with Crippen LogP contribution in [0.4, 0.5) is 0 Å². The first-order chi connectivity index (χ1) is 21.3. The minimum absolute atomic E-state index is 0.0798. The van der Waals surface area contributed by atoms with Gasteiger partial charge < -0.3 is 4.74 Å². The van der Waals surface area contributed by atoms with Gasteiger partial charge in [-0.2, -0.15) is 0 Å². The molecule has 0 aromatic heterocycles. The van der Waals surface area contributed by atoms with E-state index < -0.39 is 0 Å². The number of allylic oxidation sites excluding steroid dienone is 17. The summed E-state index contributed by atoms with van der Waals surface area (Å²) < 4.78 is 5.42. The van der Waals surface area contributed by atoms with Crippen LogP contribution in [-0.4, -0.2) is 12.6 Å². The van der Waals surface area contributed by atoms with Crippen molar-refractivity contribution in [3.8, 4) is 0 Å². The molecule has 0 aliphatic carbocycles. The highest BCUT2D eigenvalue weighted by Crippen LogP contribution is 2.14. The lowest BCUT2D eigenvalue weighted by Crippen LogP contribution is -2.04. The second-order valence-corrected chi connectivity index (χ2v) is 12.0. The molecule has 246 valence electrons. The van der Waals surface area contributed by atoms with Crippen LogP contribution in [0.1, 0.15) is 144 Å². The molecule has 0 aliphatic rings. The van der Waals surface area contributed by atoms with Crippen LogP contribution in [0.5, 0.6) is 0 Å². The normalized spacial score (nSPS) is 13.5. The van der Waals surface area contributed by atoms with Crippen molar-refractivity contribution in [2.24, 2.45) is 0 Å². The van der Waals surface area contributed by atoms with Gasteiger partial charge in [0.1, 0.15) is 6.61 Å². The van der Waals surface area contributed by atoms with E-state index in [9.17, 15) is 4.79 Å². The molecule has 0 aromatic carbocycles. The maximum atomic E-state index is 12.0. The van der Waals surface area contributed by atoms with Crippen LogP contribution in [0, 0.1) is 0 Å². The average molecular weight is 603 g/mol. The van der Waals surface area contributed by atoms with Crippen molar-refractivity contribution in [2.45, 2.75) is 144 Å². The Labute approximate surface area is 273 Å². The lowest BCUT2D eigenvalue weighted by molar-refractivity contribution is -0.142. The molecule has 0 unspecified atom stereocenters. The third-order valence-electron chi connectivity index (χ3n) is 7.24. The molecule has 2 heteroatoms. The predicted octanol–water partition coefficient (Wildman–Crippen LogP) is 13.4. The van der Waals surface area contributed by atoms with Gasteiger partial charge in [-0.15, -0.1) is 0 Å². The van der Waals surface area contributed by atoms with E-state index in [0.717, 1.165) is 96.3 Å². The highest BCUT2D eigenvalue weighted by molar-refractivity contribution is 5.69. The Bertz CT molecular complexity index is 987. The van der Waals surface area contributed by atoms with Crippen LogP contribution in [0.2, 0.25) is 0 Å². The van der Waals surface area contributed by atoms with E-state index in [-0.39, 0.29) is 5.97 Å². The first-order valence-electron chi connectivity index (χ1n) is 17.4. The van der Waals surface area contributed by atoms with Crippen LogP contribution >= 0.6 is 0 Å². The number of carbonyl (C=O) groups is 1. The van der Waals surface area contributed by atoms with E-state index in [2.05, 4.69) is 127 Å². The number of esters is 1. The number of ether oxygens (including phenoxy) is 1. The standard InChI is InChI=1S/C42H66O2/c1-7-8-9-10-11-12-13-14-15-16-17-18-19-20-21-22-23-24-25-35-42(43)44-37-36-41(6)34-28-33-40(5)32-27-31-39(4)30-26-29-38(2)3/h8-9,11-12,14-15,17-18,20-21,29,31,33,36H,7,10,13,16,19,22-28,30,32,34-35,37H2,1-6H3/b9-8-,12-11-,15-14-,18-17-,21-20-,39-31+,40-33?,41-36+. The Morgan fingerprint density at radius 3 is 1.43 bits per heavy atom. The van der Waals surface area contributed by atoms with E-state index in [1.165, 1.54) is 22.3 Å². The molecule has 44 heavy (non-hydrogen) atoms. The Balaban J connectivity index is 3.80. The quantitative estimate of drug-likeness (QED) is 0.0559. The summed E-state index contributed by atoms with van der Waals surface area (Å²) in [5, 5.41) is 0. The van der Waals surface area contributed by atoms with Gasteiger partial charge in [-0.3, -0.25) is 4.79 Å². The van der Waals surface area contributed by atoms with Crippen molar-refractivity contribution < 1.29 is 9.53 Å². The van der Waals surface area contributed by atoms with E-state index in [1.54, 1.807) is 0 Å². The smallest absolute Gasteiger partial charge is 0.306 e. The molecule has 0 atom stereocenters. The zero-order valence-corrected chi connectivity index (χ0v) is 29.4. The molecule has 0 N–H and O–H groups in total. The maximum Gasteiger partial charge on any atom is 0.306 e. The van der Waals surface area contributed by atoms with Crippen LogP contribution in [0.3, 0.4) is 0 Å². The number of rotatable bonds is 26. The van der Waals surface area contributed by atoms with Crippen LogP contribution in [-0.2, 0) is 9.53 Å². The van der Waals surface area contributed by atoms with E-state index in [4.69, 9.17) is 4.74 Å². The zero-order valence-electron chi connectivity index (χ0n) is 29.4. The maximum absolute atomic E-state index is 12.0. The molecule has 0 spiro atoms. The summed E-state index contributed by atoms with van der Waals surface area (Å²) in [4.78, 5) is 12.0. The highest BCUT2D eigenvalue weighted by atomic mass is 16.5. The number of unbranched alkanes of at least 4 members (excludes halogenated alkanes) is 3. The van der Waals surface area contributed by atoms with Crippen molar-refractivity contribution in [1.82, 2.24) is 0 Å². The Morgan fingerprint density at radius 1 is 0.477 bits per heavy atom. The second-order valence-electron chi connectivity index (χ2n) is 12.0. The van der Waals surface area contributed by atoms with Crippen LogP contribution in [0.15, 0.2) is 107 Å². The monoisotopic (exact) mass is 603 g/mol. The van der Waals surface area contributed by atoms with Crippen molar-refractivity contribution in [3.63, 3.8) is 0 Å². The van der Waals surface area contributed by atoms with Gasteiger partial charge in [0.2, 0.25) is 0 Å². The Morgan fingerprint density at radius 2 is 0.932 bits per heavy atom. The molecule has 0 bridgehead atoms. The van der Waals surface area contributed by atoms with Gasteiger partial charge in [-0.1, -0.05) is 115 Å². The highest BCUT2D eigenvalue weighted by Gasteiger charge is 2.01. The van der Waals surface area contributed by atoms with Gasteiger partial charge >= 0.3 is 5.97 Å². The van der Waals surface area contributed by atoms with E-state index in [1.807, 2.05) is 0 Å². The Hall–Kier alpha value is -2.87. The van der Waals surface area contributed by atoms with Crippen LogP contribution < -0.4 is 0 Å². The summed E-state index contributed by atoms with van der Waals surface area (Å²) >= 11 is 0. The van der Waals surface area contributed by atoms with Gasteiger partial charge in [-0.25, -0.2) is 0 Å². The largest absolute Gasteiger partial charge is 0.461 e. The summed E-state index contributed by atoms with van der Waals surface area (Å²) in [6, 6.07) is 0. The minimum atomic E-state index is -0.0798. The molecule has 0 heterocycles. The number of hydrogen-bond donors (Lipinski definition) is 0. The number of carbonyl (C=O) groups excluding carboxylic acids is 1. The minimum Gasteiger partial charge on any atom is -0.461 e. The Kier molecular flexibility index (Phi) is 29.5. The lowest BCUT2D eigenvalue weighted by Gasteiger charge is -2.04. The van der Waals surface area contributed by atoms with Gasteiger partial charge in [0.05, 0.1) is 0 Å². The summed E-state index contributed by atoms with van der Waals surface area (Å²) in [5.41, 5.74) is 5.64. The molecule has 0 radical (unpaired) electrons. The molecule has 0 aliphatic heterocycles. The zero-order chi connectivity index (χ0) is 32.5. The third-order valence-corrected chi connectivity index (χ3v) is 7.24. The van der Waals surface area contributed by atoms with Gasteiger partial charge in [0.15, 0.2) is 0 Å². The van der Waals surface area contributed by atoms with Crippen molar-refractivity contribution in [3.05, 3.63) is 107 Å². The fourth-order valence-electron chi connectivity index (χ4n) is 4.41. The first-order valence-corrected chi connectivity index (χ1v) is 17.4. The fourth-order valence-corrected chi connectivity index (χ4v) is 4.41. The van der Waals surface area contributed by atoms with Gasteiger partial charge in [0, 0.05) is 6.42 Å². The van der Waals surface area contributed by atoms with Crippen LogP contribution in [0.25, 0.3) is 0 Å². The summed E-state index contributed by atoms with van der Waals surface area (Å²) in [7, 11) is 0. The lowest BCUT2D eigenvalue weighted by atomic mass is 10.0. The number of hydrogen-bond acceptors (Lipinski definition) is 2. The van der Waals surface area contributed by atoms with Gasteiger partial charge in [0.25, 0.3) is 0 Å². The van der Waals surface area contributed by atoms with Crippen molar-refractivity contribution >= 4 is 5.97 Å². The molecular formula is C42H66O2. The molecule has 0 amide bonds. The molecular weight excluding hydrogens is 536 g/mol. The predicted molar refractivity (Wildman–Crippen MR) is 197 cm³/mol. The summed E-state index contributed by atoms with van der Waals surface area (Å²) in [6.07, 6.45) is 47.8.